The summed E-state index contributed by atoms with van der Waals surface area (Å²) >= 11 is 0. The molecule has 0 bridgehead atoms. The molecule has 1 aromatic carbocycles. The lowest BCUT2D eigenvalue weighted by Crippen LogP contribution is -2.25. The number of sulfone groups is 1. The van der Waals surface area contributed by atoms with Gasteiger partial charge in [-0.25, -0.2) is 13.4 Å². The van der Waals surface area contributed by atoms with Crippen LogP contribution in [0.3, 0.4) is 0 Å². The predicted molar refractivity (Wildman–Crippen MR) is 92.3 cm³/mol. The molecule has 1 aromatic heterocycles. The molecule has 6 nitrogen and oxygen atoms in total. The molecular formula is C16H20N4O2S. The van der Waals surface area contributed by atoms with E-state index in [2.05, 4.69) is 16.5 Å². The zero-order chi connectivity index (χ0) is 17.2. The molecule has 0 amide bonds. The molecular weight excluding hydrogens is 312 g/mol. The van der Waals surface area contributed by atoms with E-state index >= 15 is 0 Å². The van der Waals surface area contributed by atoms with Crippen LogP contribution in [0.5, 0.6) is 0 Å². The molecule has 2 rings (SSSR count). The highest BCUT2D eigenvalue weighted by molar-refractivity contribution is 7.92. The number of anilines is 2. The maximum Gasteiger partial charge on any atom is 0.221 e. The number of hydrogen-bond acceptors (Lipinski definition) is 6. The van der Waals surface area contributed by atoms with E-state index < -0.39 is 15.1 Å². The van der Waals surface area contributed by atoms with Crippen molar-refractivity contribution in [2.24, 2.45) is 5.92 Å². The molecule has 0 aliphatic heterocycles. The Morgan fingerprint density at radius 1 is 1.17 bits per heavy atom. The summed E-state index contributed by atoms with van der Waals surface area (Å²) in [6, 6.07) is 6.64. The van der Waals surface area contributed by atoms with Gasteiger partial charge >= 0.3 is 0 Å². The topological polar surface area (TPSA) is 112 Å². The fourth-order valence-corrected chi connectivity index (χ4v) is 4.47. The Labute approximate surface area is 136 Å². The zero-order valence-electron chi connectivity index (χ0n) is 13.1. The Kier molecular flexibility index (Phi) is 4.70. The van der Waals surface area contributed by atoms with Gasteiger partial charge in [0.25, 0.3) is 0 Å². The van der Waals surface area contributed by atoms with Crippen molar-refractivity contribution < 1.29 is 8.42 Å². The summed E-state index contributed by atoms with van der Waals surface area (Å²) in [5, 5.41) is -0.695. The summed E-state index contributed by atoms with van der Waals surface area (Å²) in [5.74, 6) is 0.0724. The van der Waals surface area contributed by atoms with E-state index in [1.54, 1.807) is 24.3 Å². The van der Waals surface area contributed by atoms with Crippen LogP contribution in [0, 0.1) is 5.92 Å². The van der Waals surface area contributed by atoms with Gasteiger partial charge in [0.2, 0.25) is 5.95 Å². The van der Waals surface area contributed by atoms with Crippen molar-refractivity contribution in [2.45, 2.75) is 24.0 Å². The molecule has 0 saturated heterocycles. The first-order chi connectivity index (χ1) is 10.8. The molecule has 0 radical (unpaired) electrons. The molecule has 0 aliphatic carbocycles. The SMILES string of the molecule is C=CC(C(C)C)S(=O)(=O)c1ccccc1-c1cnc(N)nc1N. The molecule has 1 heterocycles. The molecule has 122 valence electrons. The molecule has 0 spiro atoms. The van der Waals surface area contributed by atoms with Crippen LogP contribution < -0.4 is 11.5 Å². The fourth-order valence-electron chi connectivity index (χ4n) is 2.46. The zero-order valence-corrected chi connectivity index (χ0v) is 13.9. The molecule has 0 saturated carbocycles. The average molecular weight is 332 g/mol. The van der Waals surface area contributed by atoms with Crippen LogP contribution in [-0.2, 0) is 9.84 Å². The van der Waals surface area contributed by atoms with Crippen LogP contribution >= 0.6 is 0 Å². The van der Waals surface area contributed by atoms with Crippen molar-refractivity contribution in [1.82, 2.24) is 9.97 Å². The first-order valence-electron chi connectivity index (χ1n) is 7.13. The number of hydrogen-bond donors (Lipinski definition) is 2. The lowest BCUT2D eigenvalue weighted by atomic mass is 10.1. The summed E-state index contributed by atoms with van der Waals surface area (Å²) < 4.78 is 26.0. The Hall–Kier alpha value is -2.41. The van der Waals surface area contributed by atoms with Crippen LogP contribution in [0.2, 0.25) is 0 Å². The van der Waals surface area contributed by atoms with Crippen LogP contribution in [0.25, 0.3) is 11.1 Å². The minimum absolute atomic E-state index is 0.0396. The molecule has 1 atom stereocenters. The summed E-state index contributed by atoms with van der Waals surface area (Å²) in [6.45, 7) is 7.34. The van der Waals surface area contributed by atoms with Gasteiger partial charge in [0.15, 0.2) is 9.84 Å². The first kappa shape index (κ1) is 17.0. The Morgan fingerprint density at radius 3 is 2.39 bits per heavy atom. The van der Waals surface area contributed by atoms with Gasteiger partial charge in [-0.3, -0.25) is 0 Å². The monoisotopic (exact) mass is 332 g/mol. The lowest BCUT2D eigenvalue weighted by molar-refractivity contribution is 0.561. The van der Waals surface area contributed by atoms with Crippen LogP contribution in [0.15, 0.2) is 48.0 Å². The second-order valence-corrected chi connectivity index (χ2v) is 7.59. The smallest absolute Gasteiger partial charge is 0.221 e. The van der Waals surface area contributed by atoms with E-state index in [1.165, 1.54) is 12.3 Å². The molecule has 0 aliphatic rings. The van der Waals surface area contributed by atoms with Gasteiger partial charge in [-0.05, 0) is 12.0 Å². The highest BCUT2D eigenvalue weighted by Crippen LogP contribution is 2.33. The van der Waals surface area contributed by atoms with Crippen molar-refractivity contribution in [3.63, 3.8) is 0 Å². The molecule has 0 fully saturated rings. The summed E-state index contributed by atoms with van der Waals surface area (Å²) in [4.78, 5) is 7.99. The van der Waals surface area contributed by atoms with Gasteiger partial charge < -0.3 is 11.5 Å². The third kappa shape index (κ3) is 3.19. The number of nitrogens with zero attached hydrogens (tertiary/aromatic N) is 2. The van der Waals surface area contributed by atoms with Gasteiger partial charge in [-0.15, -0.1) is 6.58 Å². The van der Waals surface area contributed by atoms with E-state index in [4.69, 9.17) is 11.5 Å². The number of nitrogens with two attached hydrogens (primary N) is 2. The number of benzene rings is 1. The van der Waals surface area contributed by atoms with Crippen LogP contribution in [0.4, 0.5) is 11.8 Å². The van der Waals surface area contributed by atoms with Gasteiger partial charge in [-0.1, -0.05) is 38.1 Å². The standard InChI is InChI=1S/C16H20N4O2S/c1-4-13(10(2)3)23(21,22)14-8-6-5-7-11(14)12-9-19-16(18)20-15(12)17/h4-10,13H,1H2,2-3H3,(H4,17,18,19,20). The van der Waals surface area contributed by atoms with E-state index in [0.29, 0.717) is 11.1 Å². The second kappa shape index (κ2) is 6.37. The van der Waals surface area contributed by atoms with Gasteiger partial charge in [0.1, 0.15) is 5.82 Å². The summed E-state index contributed by atoms with van der Waals surface area (Å²) in [5.41, 5.74) is 12.3. The predicted octanol–water partition coefficient (Wildman–Crippen LogP) is 2.29. The number of rotatable bonds is 5. The Bertz CT molecular complexity index is 832. The largest absolute Gasteiger partial charge is 0.383 e. The van der Waals surface area contributed by atoms with Gasteiger partial charge in [0.05, 0.1) is 10.1 Å². The van der Waals surface area contributed by atoms with Gasteiger partial charge in [0, 0.05) is 17.3 Å². The number of nitrogen functional groups attached to an aromatic ring is 2. The third-order valence-corrected chi connectivity index (χ3v) is 5.99. The fraction of sp³-hybridized carbons (Fsp3) is 0.250. The maximum absolute atomic E-state index is 13.0. The highest BCUT2D eigenvalue weighted by atomic mass is 32.2. The minimum atomic E-state index is -3.62. The molecule has 7 heteroatoms. The van der Waals surface area contributed by atoms with Crippen molar-refractivity contribution in [1.29, 1.82) is 0 Å². The van der Waals surface area contributed by atoms with Crippen molar-refractivity contribution >= 4 is 21.6 Å². The van der Waals surface area contributed by atoms with E-state index in [0.717, 1.165) is 0 Å². The Morgan fingerprint density at radius 2 is 1.83 bits per heavy atom. The number of aromatic nitrogens is 2. The van der Waals surface area contributed by atoms with Crippen LogP contribution in [0.1, 0.15) is 13.8 Å². The quantitative estimate of drug-likeness (QED) is 0.812. The van der Waals surface area contributed by atoms with E-state index in [1.807, 2.05) is 13.8 Å². The summed E-state index contributed by atoms with van der Waals surface area (Å²) in [7, 11) is -3.62. The van der Waals surface area contributed by atoms with Crippen molar-refractivity contribution in [3.05, 3.63) is 43.1 Å². The molecule has 2 aromatic rings. The van der Waals surface area contributed by atoms with Crippen molar-refractivity contribution in [3.8, 4) is 11.1 Å². The normalized spacial score (nSPS) is 13.0. The molecule has 1 unspecified atom stereocenters. The maximum atomic E-state index is 13.0. The second-order valence-electron chi connectivity index (χ2n) is 5.51. The van der Waals surface area contributed by atoms with E-state index in [-0.39, 0.29) is 22.6 Å². The molecule has 4 N–H and O–H groups in total. The first-order valence-corrected chi connectivity index (χ1v) is 8.67. The third-order valence-electron chi connectivity index (χ3n) is 3.57. The average Bonchev–Trinajstić information content (AvgIpc) is 2.47. The van der Waals surface area contributed by atoms with Crippen LogP contribution in [-0.4, -0.2) is 23.6 Å². The lowest BCUT2D eigenvalue weighted by Gasteiger charge is -2.20. The van der Waals surface area contributed by atoms with Crippen molar-refractivity contribution in [2.75, 3.05) is 11.5 Å². The summed E-state index contributed by atoms with van der Waals surface area (Å²) in [6.07, 6.45) is 2.89. The Balaban J connectivity index is 2.69. The van der Waals surface area contributed by atoms with E-state index in [9.17, 15) is 8.42 Å². The highest BCUT2D eigenvalue weighted by Gasteiger charge is 2.30. The van der Waals surface area contributed by atoms with Gasteiger partial charge in [-0.2, -0.15) is 4.98 Å². The minimum Gasteiger partial charge on any atom is -0.383 e. The molecule has 23 heavy (non-hydrogen) atoms.